The molecule has 0 radical (unpaired) electrons. The lowest BCUT2D eigenvalue weighted by Gasteiger charge is -2.12. The Bertz CT molecular complexity index is 1010. The molecule has 148 valence electrons. The SMILES string of the molecule is COc1c(F)c(Oc2cccc(Cl)c2)nc(Oc2csc(C(F)(F)F)c2)c1F. The number of rotatable bonds is 5. The number of benzene rings is 1. The van der Waals surface area contributed by atoms with E-state index >= 15 is 0 Å². The molecule has 2 heterocycles. The lowest BCUT2D eigenvalue weighted by Crippen LogP contribution is -2.03. The van der Waals surface area contributed by atoms with E-state index in [1.165, 1.54) is 18.2 Å². The maximum Gasteiger partial charge on any atom is 0.425 e. The van der Waals surface area contributed by atoms with Gasteiger partial charge in [-0.2, -0.15) is 26.9 Å². The number of aromatic nitrogens is 1. The highest BCUT2D eigenvalue weighted by Crippen LogP contribution is 2.40. The molecule has 11 heteroatoms. The van der Waals surface area contributed by atoms with E-state index in [4.69, 9.17) is 21.1 Å². The molecule has 0 saturated heterocycles. The summed E-state index contributed by atoms with van der Waals surface area (Å²) in [5, 5.41) is 1.30. The zero-order valence-electron chi connectivity index (χ0n) is 13.8. The monoisotopic (exact) mass is 437 g/mol. The number of methoxy groups -OCH3 is 1. The van der Waals surface area contributed by atoms with Crippen LogP contribution < -0.4 is 14.2 Å². The van der Waals surface area contributed by atoms with Gasteiger partial charge in [0.05, 0.1) is 7.11 Å². The largest absolute Gasteiger partial charge is 0.491 e. The summed E-state index contributed by atoms with van der Waals surface area (Å²) < 4.78 is 81.9. The molecule has 4 nitrogen and oxygen atoms in total. The van der Waals surface area contributed by atoms with Gasteiger partial charge >= 0.3 is 6.18 Å². The molecule has 0 bridgehead atoms. The number of pyridine rings is 1. The molecule has 0 spiro atoms. The van der Waals surface area contributed by atoms with E-state index in [9.17, 15) is 22.0 Å². The Morgan fingerprint density at radius 1 is 1.00 bits per heavy atom. The van der Waals surface area contributed by atoms with Gasteiger partial charge in [-0.1, -0.05) is 17.7 Å². The number of alkyl halides is 3. The fourth-order valence-electron chi connectivity index (χ4n) is 2.07. The second kappa shape index (κ2) is 7.80. The second-order valence-corrected chi connectivity index (χ2v) is 6.54. The number of hydrogen-bond donors (Lipinski definition) is 0. The maximum atomic E-state index is 14.4. The van der Waals surface area contributed by atoms with E-state index in [-0.39, 0.29) is 11.5 Å². The van der Waals surface area contributed by atoms with Crippen molar-refractivity contribution in [3.8, 4) is 29.0 Å². The average Bonchev–Trinajstić information content (AvgIpc) is 3.09. The molecule has 0 aliphatic rings. The molecular weight excluding hydrogens is 429 g/mol. The van der Waals surface area contributed by atoms with Crippen molar-refractivity contribution in [2.75, 3.05) is 7.11 Å². The van der Waals surface area contributed by atoms with Crippen LogP contribution in [0.2, 0.25) is 5.02 Å². The first-order valence-corrected chi connectivity index (χ1v) is 8.64. The third kappa shape index (κ3) is 4.28. The summed E-state index contributed by atoms with van der Waals surface area (Å²) in [6.07, 6.45) is -4.58. The Kier molecular flexibility index (Phi) is 5.61. The van der Waals surface area contributed by atoms with Crippen molar-refractivity contribution in [3.63, 3.8) is 0 Å². The van der Waals surface area contributed by atoms with Gasteiger partial charge in [-0.15, -0.1) is 11.3 Å². The highest BCUT2D eigenvalue weighted by atomic mass is 35.5. The van der Waals surface area contributed by atoms with Crippen molar-refractivity contribution < 1.29 is 36.2 Å². The number of thiophene rings is 1. The van der Waals surface area contributed by atoms with Gasteiger partial charge in [0.2, 0.25) is 17.4 Å². The Balaban J connectivity index is 1.98. The van der Waals surface area contributed by atoms with E-state index in [0.717, 1.165) is 12.5 Å². The van der Waals surface area contributed by atoms with E-state index < -0.39 is 40.2 Å². The van der Waals surface area contributed by atoms with Crippen molar-refractivity contribution in [2.24, 2.45) is 0 Å². The zero-order chi connectivity index (χ0) is 20.5. The van der Waals surface area contributed by atoms with Gasteiger partial charge in [-0.3, -0.25) is 0 Å². The van der Waals surface area contributed by atoms with Crippen molar-refractivity contribution >= 4 is 22.9 Å². The molecule has 0 saturated carbocycles. The predicted molar refractivity (Wildman–Crippen MR) is 91.6 cm³/mol. The van der Waals surface area contributed by atoms with Crippen LogP contribution in [0, 0.1) is 11.6 Å². The van der Waals surface area contributed by atoms with Gasteiger partial charge in [-0.25, -0.2) is 0 Å². The minimum Gasteiger partial charge on any atom is -0.491 e. The predicted octanol–water partition coefficient (Wildman–Crippen LogP) is 6.69. The summed E-state index contributed by atoms with van der Waals surface area (Å²) in [5.74, 6) is -5.22. The number of halogens is 6. The third-order valence-electron chi connectivity index (χ3n) is 3.26. The Morgan fingerprint density at radius 3 is 2.18 bits per heavy atom. The molecule has 0 aliphatic carbocycles. The standard InChI is InChI=1S/C17H9ClF5NO3S/c1-25-14-12(19)15(26-9-4-2-3-8(18)5-9)24-16(13(14)20)27-10-6-11(28-7-10)17(21,22)23/h2-7H,1H3. The topological polar surface area (TPSA) is 40.6 Å². The van der Waals surface area contributed by atoms with E-state index in [2.05, 4.69) is 9.72 Å². The first-order chi connectivity index (χ1) is 13.2. The molecule has 0 amide bonds. The summed E-state index contributed by atoms with van der Waals surface area (Å²) in [6.45, 7) is 0. The van der Waals surface area contributed by atoms with Crippen molar-refractivity contribution in [3.05, 3.63) is 57.2 Å². The minimum absolute atomic E-state index is 0.0911. The number of hydrogen-bond acceptors (Lipinski definition) is 5. The van der Waals surface area contributed by atoms with E-state index in [1.807, 2.05) is 0 Å². The van der Waals surface area contributed by atoms with Crippen LogP contribution in [0.4, 0.5) is 22.0 Å². The van der Waals surface area contributed by atoms with Gasteiger partial charge in [0.25, 0.3) is 11.8 Å². The van der Waals surface area contributed by atoms with Crippen LogP contribution in [0.5, 0.6) is 29.0 Å². The summed E-state index contributed by atoms with van der Waals surface area (Å²) in [5.41, 5.74) is 0. The second-order valence-electron chi connectivity index (χ2n) is 5.19. The van der Waals surface area contributed by atoms with Gasteiger partial charge < -0.3 is 14.2 Å². The molecule has 0 unspecified atom stereocenters. The molecule has 2 aromatic heterocycles. The van der Waals surface area contributed by atoms with Gasteiger partial charge in [-0.05, 0) is 18.2 Å². The fraction of sp³-hybridized carbons (Fsp3) is 0.118. The molecule has 3 rings (SSSR count). The summed E-state index contributed by atoms with van der Waals surface area (Å²) in [4.78, 5) is 2.63. The van der Waals surface area contributed by atoms with Crippen molar-refractivity contribution in [1.82, 2.24) is 4.98 Å². The van der Waals surface area contributed by atoms with Crippen LogP contribution in [0.25, 0.3) is 0 Å². The smallest absolute Gasteiger partial charge is 0.425 e. The normalized spacial score (nSPS) is 11.4. The zero-order valence-corrected chi connectivity index (χ0v) is 15.4. The molecule has 0 N–H and O–H groups in total. The highest BCUT2D eigenvalue weighted by molar-refractivity contribution is 7.10. The van der Waals surface area contributed by atoms with Gasteiger partial charge in [0.1, 0.15) is 16.4 Å². The molecule has 3 aromatic rings. The van der Waals surface area contributed by atoms with Crippen molar-refractivity contribution in [1.29, 1.82) is 0 Å². The van der Waals surface area contributed by atoms with Crippen LogP contribution in [-0.2, 0) is 6.18 Å². The Hall–Kier alpha value is -2.59. The van der Waals surface area contributed by atoms with Crippen LogP contribution in [0.3, 0.4) is 0 Å². The molecule has 28 heavy (non-hydrogen) atoms. The van der Waals surface area contributed by atoms with Crippen LogP contribution in [0.15, 0.2) is 35.7 Å². The quantitative estimate of drug-likeness (QED) is 0.417. The van der Waals surface area contributed by atoms with Gasteiger partial charge in [0, 0.05) is 16.5 Å². The van der Waals surface area contributed by atoms with E-state index in [0.29, 0.717) is 22.4 Å². The van der Waals surface area contributed by atoms with Crippen molar-refractivity contribution in [2.45, 2.75) is 6.18 Å². The summed E-state index contributed by atoms with van der Waals surface area (Å²) >= 11 is 6.17. The fourth-order valence-corrected chi connectivity index (χ4v) is 2.93. The van der Waals surface area contributed by atoms with Crippen LogP contribution in [-0.4, -0.2) is 12.1 Å². The van der Waals surface area contributed by atoms with Crippen LogP contribution >= 0.6 is 22.9 Å². The first-order valence-electron chi connectivity index (χ1n) is 7.39. The Morgan fingerprint density at radius 2 is 1.64 bits per heavy atom. The average molecular weight is 438 g/mol. The lowest BCUT2D eigenvalue weighted by molar-refractivity contribution is -0.134. The number of ether oxygens (including phenoxy) is 3. The van der Waals surface area contributed by atoms with Gasteiger partial charge in [0.15, 0.2) is 0 Å². The molecule has 1 aromatic carbocycles. The summed E-state index contributed by atoms with van der Waals surface area (Å²) in [6, 6.07) is 6.54. The molecule has 0 fully saturated rings. The molecule has 0 atom stereocenters. The minimum atomic E-state index is -4.58. The molecular formula is C17H9ClF5NO3S. The highest BCUT2D eigenvalue weighted by Gasteiger charge is 2.33. The lowest BCUT2D eigenvalue weighted by atomic mass is 10.3. The Labute approximate surface area is 164 Å². The number of nitrogens with zero attached hydrogens (tertiary/aromatic N) is 1. The van der Waals surface area contributed by atoms with E-state index in [1.54, 1.807) is 6.07 Å². The first kappa shape index (κ1) is 20.2. The maximum absolute atomic E-state index is 14.4. The third-order valence-corrected chi connectivity index (χ3v) is 4.45. The summed E-state index contributed by atoms with van der Waals surface area (Å²) in [7, 11) is 1.00. The van der Waals surface area contributed by atoms with Crippen LogP contribution in [0.1, 0.15) is 4.88 Å². The molecule has 0 aliphatic heterocycles.